The third-order valence-corrected chi connectivity index (χ3v) is 6.17. The van der Waals surface area contributed by atoms with Crippen LogP contribution in [-0.2, 0) is 9.59 Å². The SMILES string of the molecule is CC1CCC[NH+](CCCNC(=O)C2CC(=O)N(C3CCCC3)C2)C1. The molecule has 3 unspecified atom stereocenters. The Balaban J connectivity index is 1.34. The second-order valence-corrected chi connectivity index (χ2v) is 8.23. The maximum absolute atomic E-state index is 12.4. The Morgan fingerprint density at radius 1 is 1.25 bits per heavy atom. The van der Waals surface area contributed by atoms with E-state index in [4.69, 9.17) is 0 Å². The summed E-state index contributed by atoms with van der Waals surface area (Å²) in [5.41, 5.74) is 0. The molecule has 3 fully saturated rings. The van der Waals surface area contributed by atoms with Crippen LogP contribution in [0.1, 0.15) is 58.3 Å². The van der Waals surface area contributed by atoms with Gasteiger partial charge in [0.15, 0.2) is 0 Å². The Morgan fingerprint density at radius 3 is 2.79 bits per heavy atom. The third-order valence-electron chi connectivity index (χ3n) is 6.17. The first-order valence-electron chi connectivity index (χ1n) is 10.0. The highest BCUT2D eigenvalue weighted by molar-refractivity contribution is 5.89. The highest BCUT2D eigenvalue weighted by Crippen LogP contribution is 2.29. The summed E-state index contributed by atoms with van der Waals surface area (Å²) in [4.78, 5) is 28.2. The Morgan fingerprint density at radius 2 is 2.04 bits per heavy atom. The zero-order valence-electron chi connectivity index (χ0n) is 15.2. The van der Waals surface area contributed by atoms with Gasteiger partial charge in [-0.1, -0.05) is 19.8 Å². The fourth-order valence-corrected chi connectivity index (χ4v) is 4.79. The summed E-state index contributed by atoms with van der Waals surface area (Å²) in [5, 5.41) is 3.08. The molecule has 5 heteroatoms. The molecule has 0 radical (unpaired) electrons. The van der Waals surface area contributed by atoms with E-state index in [9.17, 15) is 9.59 Å². The van der Waals surface area contributed by atoms with Crippen LogP contribution in [0, 0.1) is 11.8 Å². The number of nitrogens with one attached hydrogen (secondary N) is 2. The van der Waals surface area contributed by atoms with Crippen LogP contribution in [0.25, 0.3) is 0 Å². The van der Waals surface area contributed by atoms with Crippen molar-refractivity contribution in [3.63, 3.8) is 0 Å². The van der Waals surface area contributed by atoms with Gasteiger partial charge in [-0.2, -0.15) is 0 Å². The van der Waals surface area contributed by atoms with Crippen LogP contribution in [0.2, 0.25) is 0 Å². The van der Waals surface area contributed by atoms with E-state index < -0.39 is 0 Å². The van der Waals surface area contributed by atoms with E-state index in [1.165, 1.54) is 38.8 Å². The minimum absolute atomic E-state index is 0.0888. The predicted molar refractivity (Wildman–Crippen MR) is 93.7 cm³/mol. The lowest BCUT2D eigenvalue weighted by molar-refractivity contribution is -0.908. The second-order valence-electron chi connectivity index (χ2n) is 8.23. The Bertz CT molecular complexity index is 448. The molecule has 1 aliphatic carbocycles. The Kier molecular flexibility index (Phi) is 6.14. The number of piperidine rings is 1. The quantitative estimate of drug-likeness (QED) is 0.698. The minimum atomic E-state index is -0.125. The topological polar surface area (TPSA) is 53.9 Å². The first-order valence-corrected chi connectivity index (χ1v) is 10.0. The molecule has 2 aliphatic heterocycles. The van der Waals surface area contributed by atoms with Crippen molar-refractivity contribution in [2.75, 3.05) is 32.7 Å². The Labute approximate surface area is 146 Å². The number of hydrogen-bond acceptors (Lipinski definition) is 2. The van der Waals surface area contributed by atoms with E-state index in [2.05, 4.69) is 12.2 Å². The van der Waals surface area contributed by atoms with Crippen LogP contribution in [0.4, 0.5) is 0 Å². The van der Waals surface area contributed by atoms with Gasteiger partial charge in [-0.3, -0.25) is 9.59 Å². The van der Waals surface area contributed by atoms with E-state index in [-0.39, 0.29) is 17.7 Å². The number of likely N-dealkylation sites (tertiary alicyclic amines) is 2. The zero-order valence-corrected chi connectivity index (χ0v) is 15.2. The fraction of sp³-hybridized carbons (Fsp3) is 0.895. The summed E-state index contributed by atoms with van der Waals surface area (Å²) in [6, 6.07) is 0.403. The zero-order chi connectivity index (χ0) is 16.9. The van der Waals surface area contributed by atoms with Crippen LogP contribution < -0.4 is 10.2 Å². The van der Waals surface area contributed by atoms with E-state index in [1.54, 1.807) is 4.90 Å². The van der Waals surface area contributed by atoms with Gasteiger partial charge in [-0.15, -0.1) is 0 Å². The normalized spacial score (nSPS) is 31.6. The van der Waals surface area contributed by atoms with Gasteiger partial charge in [0, 0.05) is 37.9 Å². The molecule has 0 aromatic carbocycles. The summed E-state index contributed by atoms with van der Waals surface area (Å²) in [5.74, 6) is 0.995. The molecular weight excluding hydrogens is 302 g/mol. The molecule has 136 valence electrons. The van der Waals surface area contributed by atoms with Crippen molar-refractivity contribution in [2.24, 2.45) is 11.8 Å². The molecular formula is C19H34N3O2+. The predicted octanol–water partition coefficient (Wildman–Crippen LogP) is 0.599. The van der Waals surface area contributed by atoms with Crippen LogP contribution in [-0.4, -0.2) is 55.5 Å². The van der Waals surface area contributed by atoms with Crippen LogP contribution in [0.3, 0.4) is 0 Å². The van der Waals surface area contributed by atoms with Crippen LogP contribution in [0.5, 0.6) is 0 Å². The largest absolute Gasteiger partial charge is 0.356 e. The number of carbonyl (C=O) groups is 2. The van der Waals surface area contributed by atoms with Crippen molar-refractivity contribution >= 4 is 11.8 Å². The summed E-state index contributed by atoms with van der Waals surface area (Å²) < 4.78 is 0. The van der Waals surface area contributed by atoms with Crippen LogP contribution >= 0.6 is 0 Å². The molecule has 3 aliphatic rings. The van der Waals surface area contributed by atoms with Gasteiger partial charge in [0.1, 0.15) is 0 Å². The average Bonchev–Trinajstić information content (AvgIpc) is 3.20. The van der Waals surface area contributed by atoms with Crippen molar-refractivity contribution in [1.29, 1.82) is 0 Å². The molecule has 24 heavy (non-hydrogen) atoms. The lowest BCUT2D eigenvalue weighted by Gasteiger charge is -2.27. The highest BCUT2D eigenvalue weighted by atomic mass is 16.2. The fourth-order valence-electron chi connectivity index (χ4n) is 4.79. The lowest BCUT2D eigenvalue weighted by Crippen LogP contribution is -3.13. The van der Waals surface area contributed by atoms with Crippen molar-refractivity contribution in [1.82, 2.24) is 10.2 Å². The molecule has 0 bridgehead atoms. The molecule has 2 heterocycles. The first-order chi connectivity index (χ1) is 11.6. The monoisotopic (exact) mass is 336 g/mol. The summed E-state index contributed by atoms with van der Waals surface area (Å²) >= 11 is 0. The number of quaternary nitrogens is 1. The minimum Gasteiger partial charge on any atom is -0.356 e. The van der Waals surface area contributed by atoms with E-state index in [0.29, 0.717) is 19.0 Å². The summed E-state index contributed by atoms with van der Waals surface area (Å²) in [6.45, 7) is 7.46. The Hall–Kier alpha value is -1.10. The van der Waals surface area contributed by atoms with E-state index in [0.717, 1.165) is 38.3 Å². The summed E-state index contributed by atoms with van der Waals surface area (Å²) in [6.07, 6.45) is 8.86. The van der Waals surface area contributed by atoms with Crippen molar-refractivity contribution in [3.8, 4) is 0 Å². The molecule has 1 saturated carbocycles. The van der Waals surface area contributed by atoms with Gasteiger partial charge in [0.05, 0.1) is 25.6 Å². The van der Waals surface area contributed by atoms with E-state index >= 15 is 0 Å². The van der Waals surface area contributed by atoms with Crippen molar-refractivity contribution in [2.45, 2.75) is 64.3 Å². The summed E-state index contributed by atoms with van der Waals surface area (Å²) in [7, 11) is 0. The highest BCUT2D eigenvalue weighted by Gasteiger charge is 2.38. The average molecular weight is 337 g/mol. The maximum Gasteiger partial charge on any atom is 0.225 e. The molecule has 2 N–H and O–H groups in total. The van der Waals surface area contributed by atoms with Crippen LogP contribution in [0.15, 0.2) is 0 Å². The number of amides is 2. The molecule has 3 atom stereocenters. The molecule has 0 spiro atoms. The van der Waals surface area contributed by atoms with Gasteiger partial charge in [0.2, 0.25) is 11.8 Å². The van der Waals surface area contributed by atoms with E-state index in [1.807, 2.05) is 4.90 Å². The molecule has 2 saturated heterocycles. The number of carbonyl (C=O) groups excluding carboxylic acids is 2. The smallest absolute Gasteiger partial charge is 0.225 e. The van der Waals surface area contributed by atoms with Gasteiger partial charge in [-0.05, 0) is 25.7 Å². The second kappa shape index (κ2) is 8.32. The molecule has 5 nitrogen and oxygen atoms in total. The number of nitrogens with zero attached hydrogens (tertiary/aromatic N) is 1. The molecule has 2 amide bonds. The molecule has 0 aromatic rings. The van der Waals surface area contributed by atoms with Gasteiger partial charge < -0.3 is 15.1 Å². The third kappa shape index (κ3) is 4.50. The van der Waals surface area contributed by atoms with Crippen molar-refractivity contribution in [3.05, 3.63) is 0 Å². The van der Waals surface area contributed by atoms with Gasteiger partial charge in [0.25, 0.3) is 0 Å². The van der Waals surface area contributed by atoms with Gasteiger partial charge >= 0.3 is 0 Å². The standard InChI is InChI=1S/C19H33N3O2/c1-15-6-4-10-21(13-15)11-5-9-20-19(24)16-12-18(23)22(14-16)17-7-2-3-8-17/h15-17H,2-14H2,1H3,(H,20,24)/p+1. The van der Waals surface area contributed by atoms with Crippen molar-refractivity contribution < 1.29 is 14.5 Å². The maximum atomic E-state index is 12.4. The molecule has 3 rings (SSSR count). The number of hydrogen-bond donors (Lipinski definition) is 2. The molecule has 0 aromatic heterocycles. The first kappa shape index (κ1) is 17.7. The number of rotatable bonds is 6. The van der Waals surface area contributed by atoms with Gasteiger partial charge in [-0.25, -0.2) is 0 Å². The lowest BCUT2D eigenvalue weighted by atomic mass is 10.0.